The first-order chi connectivity index (χ1) is 8.52. The zero-order chi connectivity index (χ0) is 13.5. The zero-order valence-electron chi connectivity index (χ0n) is 11.3. The fourth-order valence-electron chi connectivity index (χ4n) is 1.63. The van der Waals surface area contributed by atoms with E-state index < -0.39 is 0 Å². The highest BCUT2D eigenvalue weighted by Gasteiger charge is 2.09. The van der Waals surface area contributed by atoms with Gasteiger partial charge >= 0.3 is 0 Å². The van der Waals surface area contributed by atoms with E-state index in [1.54, 1.807) is 16.7 Å². The van der Waals surface area contributed by atoms with Crippen molar-refractivity contribution < 1.29 is 4.79 Å². The summed E-state index contributed by atoms with van der Waals surface area (Å²) in [6, 6.07) is 8.39. The van der Waals surface area contributed by atoms with Gasteiger partial charge in [-0.15, -0.1) is 11.8 Å². The van der Waals surface area contributed by atoms with Gasteiger partial charge in [0, 0.05) is 31.0 Å². The number of benzene rings is 1. The molecule has 0 aliphatic carbocycles. The van der Waals surface area contributed by atoms with Gasteiger partial charge in [-0.05, 0) is 37.3 Å². The lowest BCUT2D eigenvalue weighted by Gasteiger charge is -2.18. The van der Waals surface area contributed by atoms with Crippen molar-refractivity contribution >= 4 is 17.7 Å². The molecule has 1 amide bonds. The van der Waals surface area contributed by atoms with Crippen LogP contribution in [0, 0.1) is 0 Å². The van der Waals surface area contributed by atoms with Gasteiger partial charge in [0.15, 0.2) is 0 Å². The van der Waals surface area contributed by atoms with Gasteiger partial charge in [0.2, 0.25) is 5.91 Å². The van der Waals surface area contributed by atoms with Crippen molar-refractivity contribution in [3.8, 4) is 0 Å². The normalized spacial score (nSPS) is 12.2. The summed E-state index contributed by atoms with van der Waals surface area (Å²) in [4.78, 5) is 14.8. The van der Waals surface area contributed by atoms with E-state index in [4.69, 9.17) is 5.73 Å². The van der Waals surface area contributed by atoms with Crippen LogP contribution < -0.4 is 5.73 Å². The third-order valence-corrected chi connectivity index (χ3v) is 3.56. The standard InChI is InChI=1S/C14H22N2OS/c1-11(15)4-9-14(17)16(2)10-12-5-7-13(18-3)8-6-12/h5-8,11H,4,9-10,15H2,1-3H3. The van der Waals surface area contributed by atoms with Gasteiger partial charge in [0.25, 0.3) is 0 Å². The molecule has 1 unspecified atom stereocenters. The third kappa shape index (κ3) is 5.10. The van der Waals surface area contributed by atoms with Crippen molar-refractivity contribution in [3.05, 3.63) is 29.8 Å². The highest BCUT2D eigenvalue weighted by atomic mass is 32.2. The van der Waals surface area contributed by atoms with Crippen molar-refractivity contribution in [1.82, 2.24) is 4.90 Å². The molecule has 100 valence electrons. The minimum atomic E-state index is 0.0863. The Morgan fingerprint density at radius 2 is 2.00 bits per heavy atom. The molecule has 1 aromatic rings. The summed E-state index contributed by atoms with van der Waals surface area (Å²) in [5, 5.41) is 0. The molecule has 18 heavy (non-hydrogen) atoms. The number of amides is 1. The number of nitrogens with two attached hydrogens (primary N) is 1. The van der Waals surface area contributed by atoms with E-state index in [0.717, 1.165) is 12.0 Å². The van der Waals surface area contributed by atoms with Crippen LogP contribution in [0.3, 0.4) is 0 Å². The smallest absolute Gasteiger partial charge is 0.222 e. The van der Waals surface area contributed by atoms with E-state index in [1.807, 2.05) is 14.0 Å². The number of rotatable bonds is 6. The van der Waals surface area contributed by atoms with Crippen molar-refractivity contribution in [3.63, 3.8) is 0 Å². The molecule has 1 rings (SSSR count). The molecule has 0 radical (unpaired) electrons. The summed E-state index contributed by atoms with van der Waals surface area (Å²) in [6.45, 7) is 2.58. The van der Waals surface area contributed by atoms with Gasteiger partial charge < -0.3 is 10.6 Å². The second kappa shape index (κ2) is 7.44. The predicted octanol–water partition coefficient (Wildman–Crippen LogP) is 2.49. The molecule has 0 aliphatic heterocycles. The van der Waals surface area contributed by atoms with Crippen LogP contribution in [0.1, 0.15) is 25.3 Å². The summed E-state index contributed by atoms with van der Waals surface area (Å²) < 4.78 is 0. The monoisotopic (exact) mass is 266 g/mol. The molecule has 2 N–H and O–H groups in total. The lowest BCUT2D eigenvalue weighted by Crippen LogP contribution is -2.27. The number of carbonyl (C=O) groups is 1. The molecule has 1 atom stereocenters. The average Bonchev–Trinajstić information content (AvgIpc) is 2.36. The maximum absolute atomic E-state index is 11.8. The van der Waals surface area contributed by atoms with E-state index in [1.165, 1.54) is 4.90 Å². The fourth-order valence-corrected chi connectivity index (χ4v) is 2.04. The van der Waals surface area contributed by atoms with Crippen LogP contribution in [0.2, 0.25) is 0 Å². The Hall–Kier alpha value is -1.00. The quantitative estimate of drug-likeness (QED) is 0.805. The Morgan fingerprint density at radius 1 is 1.39 bits per heavy atom. The van der Waals surface area contributed by atoms with Crippen molar-refractivity contribution in [1.29, 1.82) is 0 Å². The lowest BCUT2D eigenvalue weighted by atomic mass is 10.1. The second-order valence-corrected chi connectivity index (χ2v) is 5.49. The molecule has 1 aromatic carbocycles. The lowest BCUT2D eigenvalue weighted by molar-refractivity contribution is -0.130. The summed E-state index contributed by atoms with van der Waals surface area (Å²) in [6.07, 6.45) is 3.32. The van der Waals surface area contributed by atoms with Gasteiger partial charge in [0.1, 0.15) is 0 Å². The Labute approximate surface area is 114 Å². The first-order valence-electron chi connectivity index (χ1n) is 6.15. The molecule has 0 spiro atoms. The van der Waals surface area contributed by atoms with Crippen LogP contribution in [0.15, 0.2) is 29.2 Å². The van der Waals surface area contributed by atoms with Gasteiger partial charge in [-0.1, -0.05) is 12.1 Å². The zero-order valence-corrected chi connectivity index (χ0v) is 12.2. The van der Waals surface area contributed by atoms with Gasteiger partial charge in [-0.3, -0.25) is 4.79 Å². The number of hydrogen-bond acceptors (Lipinski definition) is 3. The van der Waals surface area contributed by atoms with Crippen molar-refractivity contribution in [2.45, 2.75) is 37.2 Å². The maximum Gasteiger partial charge on any atom is 0.222 e. The highest BCUT2D eigenvalue weighted by Crippen LogP contribution is 2.15. The first-order valence-corrected chi connectivity index (χ1v) is 7.38. The molecule has 0 aromatic heterocycles. The molecule has 0 heterocycles. The number of thioether (sulfide) groups is 1. The summed E-state index contributed by atoms with van der Waals surface area (Å²) >= 11 is 1.72. The number of nitrogens with zero attached hydrogens (tertiary/aromatic N) is 1. The molecular weight excluding hydrogens is 244 g/mol. The van der Waals surface area contributed by atoms with Crippen LogP contribution in [-0.4, -0.2) is 30.2 Å². The molecule has 0 saturated heterocycles. The van der Waals surface area contributed by atoms with E-state index >= 15 is 0 Å². The largest absolute Gasteiger partial charge is 0.341 e. The van der Waals surface area contributed by atoms with Crippen LogP contribution in [0.4, 0.5) is 0 Å². The molecule has 0 saturated carbocycles. The van der Waals surface area contributed by atoms with E-state index in [2.05, 4.69) is 30.5 Å². The van der Waals surface area contributed by atoms with Gasteiger partial charge in [-0.25, -0.2) is 0 Å². The molecule has 0 aliphatic rings. The molecule has 3 nitrogen and oxygen atoms in total. The minimum Gasteiger partial charge on any atom is -0.341 e. The van der Waals surface area contributed by atoms with Crippen LogP contribution in [-0.2, 0) is 11.3 Å². The maximum atomic E-state index is 11.8. The second-order valence-electron chi connectivity index (χ2n) is 4.61. The molecular formula is C14H22N2OS. The summed E-state index contributed by atoms with van der Waals surface area (Å²) in [7, 11) is 1.84. The third-order valence-electron chi connectivity index (χ3n) is 2.82. The van der Waals surface area contributed by atoms with E-state index in [0.29, 0.717) is 13.0 Å². The van der Waals surface area contributed by atoms with Crippen molar-refractivity contribution in [2.75, 3.05) is 13.3 Å². The predicted molar refractivity (Wildman–Crippen MR) is 77.6 cm³/mol. The SMILES string of the molecule is CSc1ccc(CN(C)C(=O)CCC(C)N)cc1. The topological polar surface area (TPSA) is 46.3 Å². The molecule has 0 bridgehead atoms. The Bertz CT molecular complexity index is 376. The van der Waals surface area contributed by atoms with E-state index in [9.17, 15) is 4.79 Å². The van der Waals surface area contributed by atoms with Crippen LogP contribution in [0.5, 0.6) is 0 Å². The molecule has 4 heteroatoms. The van der Waals surface area contributed by atoms with Gasteiger partial charge in [-0.2, -0.15) is 0 Å². The summed E-state index contributed by atoms with van der Waals surface area (Å²) in [5.41, 5.74) is 6.81. The number of carbonyl (C=O) groups excluding carboxylic acids is 1. The Kier molecular flexibility index (Phi) is 6.22. The fraction of sp³-hybridized carbons (Fsp3) is 0.500. The van der Waals surface area contributed by atoms with Gasteiger partial charge in [0.05, 0.1) is 0 Å². The highest BCUT2D eigenvalue weighted by molar-refractivity contribution is 7.98. The first kappa shape index (κ1) is 15.1. The Morgan fingerprint density at radius 3 is 2.50 bits per heavy atom. The summed E-state index contributed by atoms with van der Waals surface area (Å²) in [5.74, 6) is 0.154. The van der Waals surface area contributed by atoms with Crippen molar-refractivity contribution in [2.24, 2.45) is 5.73 Å². The minimum absolute atomic E-state index is 0.0863. The van der Waals surface area contributed by atoms with Crippen LogP contribution >= 0.6 is 11.8 Å². The van der Waals surface area contributed by atoms with Crippen LogP contribution in [0.25, 0.3) is 0 Å². The van der Waals surface area contributed by atoms with E-state index in [-0.39, 0.29) is 11.9 Å². The Balaban J connectivity index is 2.47. The number of hydrogen-bond donors (Lipinski definition) is 1. The molecule has 0 fully saturated rings. The average molecular weight is 266 g/mol.